The lowest BCUT2D eigenvalue weighted by Gasteiger charge is -2.06. The summed E-state index contributed by atoms with van der Waals surface area (Å²) in [4.78, 5) is 4.50. The van der Waals surface area contributed by atoms with Crippen molar-refractivity contribution >= 4 is 5.65 Å². The molecule has 0 spiro atoms. The maximum absolute atomic E-state index is 5.93. The molecule has 1 aliphatic heterocycles. The van der Waals surface area contributed by atoms with Gasteiger partial charge in [0.2, 0.25) is 0 Å². The molecule has 4 rings (SSSR count). The third-order valence-electron chi connectivity index (χ3n) is 3.60. The van der Waals surface area contributed by atoms with Crippen LogP contribution in [0, 0.1) is 0 Å². The summed E-state index contributed by atoms with van der Waals surface area (Å²) in [5.74, 6) is 1.58. The van der Waals surface area contributed by atoms with Gasteiger partial charge in [-0.2, -0.15) is 0 Å². The Balaban J connectivity index is 1.51. The highest BCUT2D eigenvalue weighted by molar-refractivity contribution is 5.45. The average Bonchev–Trinajstić information content (AvgIpc) is 3.08. The molecule has 106 valence electrons. The van der Waals surface area contributed by atoms with Gasteiger partial charge >= 0.3 is 0 Å². The number of aromatic nitrogens is 2. The van der Waals surface area contributed by atoms with E-state index in [1.54, 1.807) is 0 Å². The number of benzene rings is 1. The van der Waals surface area contributed by atoms with Gasteiger partial charge in [0, 0.05) is 24.0 Å². The molecule has 21 heavy (non-hydrogen) atoms. The quantitative estimate of drug-likeness (QED) is 0.800. The number of ether oxygens (including phenoxy) is 2. The van der Waals surface area contributed by atoms with Crippen LogP contribution < -0.4 is 15.2 Å². The third-order valence-corrected chi connectivity index (χ3v) is 3.60. The minimum absolute atomic E-state index is 0.0347. The first-order chi connectivity index (χ1) is 10.3. The standard InChI is InChI=1S/C16H15N3O2/c17-14-10-21-15-7-12(4-5-13(14)15)20-9-11-8-19-6-2-1-3-16(19)18-11/h1-8,14H,9-10,17H2. The zero-order valence-electron chi connectivity index (χ0n) is 11.4. The normalized spacial score (nSPS) is 16.7. The lowest BCUT2D eigenvalue weighted by Crippen LogP contribution is -2.10. The number of nitrogens with zero attached hydrogens (tertiary/aromatic N) is 2. The summed E-state index contributed by atoms with van der Waals surface area (Å²) in [6, 6.07) is 11.6. The van der Waals surface area contributed by atoms with Gasteiger partial charge in [-0.15, -0.1) is 0 Å². The van der Waals surface area contributed by atoms with E-state index in [-0.39, 0.29) is 6.04 Å². The maximum atomic E-state index is 5.93. The molecule has 0 bridgehead atoms. The van der Waals surface area contributed by atoms with Crippen molar-refractivity contribution in [3.8, 4) is 11.5 Å². The predicted octanol–water partition coefficient (Wildman–Crippen LogP) is 2.31. The van der Waals surface area contributed by atoms with Crippen LogP contribution in [-0.4, -0.2) is 16.0 Å². The second kappa shape index (κ2) is 4.79. The van der Waals surface area contributed by atoms with Crippen molar-refractivity contribution in [2.75, 3.05) is 6.61 Å². The van der Waals surface area contributed by atoms with Gasteiger partial charge in [0.15, 0.2) is 0 Å². The summed E-state index contributed by atoms with van der Waals surface area (Å²) in [5, 5.41) is 0. The van der Waals surface area contributed by atoms with Crippen LogP contribution in [0.2, 0.25) is 0 Å². The van der Waals surface area contributed by atoms with Crippen LogP contribution in [0.4, 0.5) is 0 Å². The van der Waals surface area contributed by atoms with Crippen molar-refractivity contribution in [3.63, 3.8) is 0 Å². The summed E-state index contributed by atoms with van der Waals surface area (Å²) in [6.45, 7) is 0.956. The van der Waals surface area contributed by atoms with Crippen LogP contribution in [0.1, 0.15) is 17.3 Å². The van der Waals surface area contributed by atoms with Gasteiger partial charge in [-0.05, 0) is 24.3 Å². The van der Waals surface area contributed by atoms with E-state index >= 15 is 0 Å². The number of nitrogens with two attached hydrogens (primary N) is 1. The monoisotopic (exact) mass is 281 g/mol. The Hall–Kier alpha value is -2.53. The number of rotatable bonds is 3. The fourth-order valence-electron chi connectivity index (χ4n) is 2.52. The lowest BCUT2D eigenvalue weighted by molar-refractivity contribution is 0.297. The molecule has 3 aromatic rings. The van der Waals surface area contributed by atoms with Crippen molar-refractivity contribution in [3.05, 3.63) is 60.0 Å². The number of hydrogen-bond donors (Lipinski definition) is 1. The van der Waals surface area contributed by atoms with Gasteiger partial charge in [0.05, 0.1) is 11.7 Å². The van der Waals surface area contributed by atoms with Crippen molar-refractivity contribution in [2.45, 2.75) is 12.6 Å². The predicted molar refractivity (Wildman–Crippen MR) is 78.4 cm³/mol. The Labute approximate surface area is 121 Å². The van der Waals surface area contributed by atoms with Crippen LogP contribution in [-0.2, 0) is 6.61 Å². The van der Waals surface area contributed by atoms with Gasteiger partial charge in [-0.1, -0.05) is 6.07 Å². The molecule has 5 heteroatoms. The Kier molecular flexibility index (Phi) is 2.79. The molecule has 2 N–H and O–H groups in total. The van der Waals surface area contributed by atoms with E-state index in [0.717, 1.165) is 28.4 Å². The molecular weight excluding hydrogens is 266 g/mol. The Morgan fingerprint density at radius 2 is 2.29 bits per heavy atom. The number of pyridine rings is 1. The van der Waals surface area contributed by atoms with Crippen LogP contribution in [0.25, 0.3) is 5.65 Å². The largest absolute Gasteiger partial charge is 0.491 e. The zero-order valence-corrected chi connectivity index (χ0v) is 11.4. The van der Waals surface area contributed by atoms with Crippen LogP contribution in [0.15, 0.2) is 48.8 Å². The van der Waals surface area contributed by atoms with E-state index in [2.05, 4.69) is 4.98 Å². The molecule has 1 aliphatic rings. The molecule has 5 nitrogen and oxygen atoms in total. The smallest absolute Gasteiger partial charge is 0.137 e. The zero-order chi connectivity index (χ0) is 14.2. The third kappa shape index (κ3) is 2.21. The van der Waals surface area contributed by atoms with E-state index in [1.807, 2.05) is 53.2 Å². The van der Waals surface area contributed by atoms with Crippen LogP contribution in [0.5, 0.6) is 11.5 Å². The van der Waals surface area contributed by atoms with Crippen LogP contribution >= 0.6 is 0 Å². The topological polar surface area (TPSA) is 61.8 Å². The summed E-state index contributed by atoms with van der Waals surface area (Å²) < 4.78 is 13.3. The lowest BCUT2D eigenvalue weighted by atomic mass is 10.1. The highest BCUT2D eigenvalue weighted by Crippen LogP contribution is 2.34. The van der Waals surface area contributed by atoms with Gasteiger partial charge in [-0.3, -0.25) is 0 Å². The number of imidazole rings is 1. The fraction of sp³-hybridized carbons (Fsp3) is 0.188. The molecule has 0 saturated carbocycles. The summed E-state index contributed by atoms with van der Waals surface area (Å²) in [7, 11) is 0. The Bertz CT molecular complexity index is 764. The molecule has 2 aromatic heterocycles. The molecule has 1 aromatic carbocycles. The Morgan fingerprint density at radius 3 is 3.19 bits per heavy atom. The highest BCUT2D eigenvalue weighted by atomic mass is 16.5. The van der Waals surface area contributed by atoms with E-state index < -0.39 is 0 Å². The van der Waals surface area contributed by atoms with Gasteiger partial charge in [-0.25, -0.2) is 4.98 Å². The van der Waals surface area contributed by atoms with Gasteiger partial charge < -0.3 is 19.6 Å². The minimum Gasteiger partial charge on any atom is -0.491 e. The molecule has 0 fully saturated rings. The molecule has 0 amide bonds. The Morgan fingerprint density at radius 1 is 1.33 bits per heavy atom. The van der Waals surface area contributed by atoms with Crippen molar-refractivity contribution < 1.29 is 9.47 Å². The first-order valence-electron chi connectivity index (χ1n) is 6.87. The van der Waals surface area contributed by atoms with E-state index in [9.17, 15) is 0 Å². The van der Waals surface area contributed by atoms with Gasteiger partial charge in [0.1, 0.15) is 30.4 Å². The first kappa shape index (κ1) is 12.2. The molecule has 1 atom stereocenters. The SMILES string of the molecule is NC1COc2cc(OCc3cn4ccccc4n3)ccc21. The van der Waals surface area contributed by atoms with Gasteiger partial charge in [0.25, 0.3) is 0 Å². The highest BCUT2D eigenvalue weighted by Gasteiger charge is 2.20. The van der Waals surface area contributed by atoms with Crippen molar-refractivity contribution in [2.24, 2.45) is 5.73 Å². The van der Waals surface area contributed by atoms with Crippen LogP contribution in [0.3, 0.4) is 0 Å². The van der Waals surface area contributed by atoms with E-state index in [4.69, 9.17) is 15.2 Å². The first-order valence-corrected chi connectivity index (χ1v) is 6.87. The molecular formula is C16H15N3O2. The molecule has 1 unspecified atom stereocenters. The molecule has 3 heterocycles. The summed E-state index contributed by atoms with van der Waals surface area (Å²) >= 11 is 0. The molecule has 0 aliphatic carbocycles. The minimum atomic E-state index is -0.0347. The summed E-state index contributed by atoms with van der Waals surface area (Å²) in [6.07, 6.45) is 3.94. The van der Waals surface area contributed by atoms with Crippen molar-refractivity contribution in [1.29, 1.82) is 0 Å². The number of fused-ring (bicyclic) bond motifs is 2. The fourth-order valence-corrected chi connectivity index (χ4v) is 2.52. The maximum Gasteiger partial charge on any atom is 0.137 e. The van der Waals surface area contributed by atoms with E-state index in [0.29, 0.717) is 13.2 Å². The second-order valence-corrected chi connectivity index (χ2v) is 5.10. The van der Waals surface area contributed by atoms with Crippen molar-refractivity contribution in [1.82, 2.24) is 9.38 Å². The molecule has 0 saturated heterocycles. The van der Waals surface area contributed by atoms with E-state index in [1.165, 1.54) is 0 Å². The molecule has 0 radical (unpaired) electrons. The average molecular weight is 281 g/mol. The second-order valence-electron chi connectivity index (χ2n) is 5.10. The number of hydrogen-bond acceptors (Lipinski definition) is 4. The summed E-state index contributed by atoms with van der Waals surface area (Å²) in [5.41, 5.74) is 8.77.